The Kier molecular flexibility index (Phi) is 3.03. The zero-order valence-electron chi connectivity index (χ0n) is 10.7. The van der Waals surface area contributed by atoms with E-state index in [4.69, 9.17) is 11.2 Å². The molecule has 1 aliphatic rings. The van der Waals surface area contributed by atoms with Crippen molar-refractivity contribution in [2.24, 2.45) is 0 Å². The van der Waals surface area contributed by atoms with Crippen LogP contribution in [0.25, 0.3) is 11.2 Å². The van der Waals surface area contributed by atoms with E-state index in [9.17, 15) is 20.4 Å². The third-order valence-electron chi connectivity index (χ3n) is 3.52. The highest BCUT2D eigenvalue weighted by Gasteiger charge is 2.54. The van der Waals surface area contributed by atoms with Crippen LogP contribution >= 0.6 is 0 Å². The summed E-state index contributed by atoms with van der Waals surface area (Å²) in [7, 11) is 0. The molecule has 0 bridgehead atoms. The van der Waals surface area contributed by atoms with Crippen molar-refractivity contribution in [2.75, 3.05) is 6.61 Å². The Morgan fingerprint density at radius 2 is 2.14 bits per heavy atom. The molecule has 4 atom stereocenters. The van der Waals surface area contributed by atoms with Crippen molar-refractivity contribution in [1.82, 2.24) is 19.5 Å². The van der Waals surface area contributed by atoms with Gasteiger partial charge in [-0.3, -0.25) is 4.57 Å². The van der Waals surface area contributed by atoms with Gasteiger partial charge >= 0.3 is 0 Å². The van der Waals surface area contributed by atoms with Crippen molar-refractivity contribution in [1.29, 1.82) is 0 Å². The predicted octanol–water partition coefficient (Wildman–Crippen LogP) is -1.85. The number of aliphatic hydroxyl groups is 3. The summed E-state index contributed by atoms with van der Waals surface area (Å²) in [5.74, 6) is 1.84. The van der Waals surface area contributed by atoms with Crippen molar-refractivity contribution in [3.05, 3.63) is 12.7 Å². The highest BCUT2D eigenvalue weighted by atomic mass is 16.6. The van der Waals surface area contributed by atoms with Crippen LogP contribution in [0.1, 0.15) is 6.23 Å². The van der Waals surface area contributed by atoms with Crippen molar-refractivity contribution >= 4 is 11.2 Å². The van der Waals surface area contributed by atoms with Gasteiger partial charge in [-0.1, -0.05) is 5.92 Å². The fourth-order valence-electron chi connectivity index (χ4n) is 2.33. The van der Waals surface area contributed by atoms with Gasteiger partial charge in [-0.25, -0.2) is 9.97 Å². The topological polar surface area (TPSA) is 134 Å². The van der Waals surface area contributed by atoms with Gasteiger partial charge in [0, 0.05) is 0 Å². The lowest BCUT2D eigenvalue weighted by Crippen LogP contribution is -2.44. The van der Waals surface area contributed by atoms with Crippen LogP contribution in [-0.2, 0) is 4.74 Å². The summed E-state index contributed by atoms with van der Waals surface area (Å²) < 4.78 is 6.76. The molecule has 9 nitrogen and oxygen atoms in total. The van der Waals surface area contributed by atoms with E-state index in [2.05, 4.69) is 20.9 Å². The number of hydrogen-bond donors (Lipinski definition) is 4. The van der Waals surface area contributed by atoms with Crippen LogP contribution in [0, 0.1) is 12.3 Å². The number of hydrogen-bond acceptors (Lipinski definition) is 8. The van der Waals surface area contributed by atoms with E-state index in [0.717, 1.165) is 6.33 Å². The number of ether oxygens (including phenoxy) is 1. The van der Waals surface area contributed by atoms with E-state index in [1.807, 2.05) is 0 Å². The average Bonchev–Trinajstić information content (AvgIpc) is 3.02. The molecule has 0 unspecified atom stereocenters. The Morgan fingerprint density at radius 1 is 1.38 bits per heavy atom. The molecule has 0 amide bonds. The molecule has 0 aromatic carbocycles. The molecule has 3 heterocycles. The first kappa shape index (κ1) is 13.7. The first-order valence-electron chi connectivity index (χ1n) is 6.03. The minimum atomic E-state index is -1.71. The van der Waals surface area contributed by atoms with Crippen LogP contribution in [0.5, 0.6) is 5.88 Å². The molecule has 0 saturated carbocycles. The summed E-state index contributed by atoms with van der Waals surface area (Å²) in [6, 6.07) is 0. The van der Waals surface area contributed by atoms with Gasteiger partial charge in [0.05, 0.1) is 12.9 Å². The van der Waals surface area contributed by atoms with E-state index in [0.29, 0.717) is 0 Å². The molecule has 4 N–H and O–H groups in total. The van der Waals surface area contributed by atoms with Gasteiger partial charge in [-0.2, -0.15) is 4.98 Å². The predicted molar refractivity (Wildman–Crippen MR) is 67.8 cm³/mol. The smallest absolute Gasteiger partial charge is 0.242 e. The zero-order chi connectivity index (χ0) is 15.2. The molecule has 0 radical (unpaired) electrons. The number of terminal acetylenes is 1. The van der Waals surface area contributed by atoms with E-state index >= 15 is 0 Å². The molecule has 0 spiro atoms. The molecule has 1 fully saturated rings. The normalized spacial score (nSPS) is 32.4. The lowest BCUT2D eigenvalue weighted by molar-refractivity contribution is -0.0911. The van der Waals surface area contributed by atoms with E-state index in [1.54, 1.807) is 0 Å². The summed E-state index contributed by atoms with van der Waals surface area (Å²) in [5.41, 5.74) is -1.40. The molecule has 0 aliphatic carbocycles. The number of aromatic hydroxyl groups is 1. The van der Waals surface area contributed by atoms with Gasteiger partial charge in [0.25, 0.3) is 0 Å². The third-order valence-corrected chi connectivity index (χ3v) is 3.52. The van der Waals surface area contributed by atoms with E-state index in [1.165, 1.54) is 10.9 Å². The second-order valence-electron chi connectivity index (χ2n) is 4.66. The number of fused-ring (bicyclic) bond motifs is 1. The van der Waals surface area contributed by atoms with Gasteiger partial charge in [-0.05, 0) is 0 Å². The molecule has 1 saturated heterocycles. The fraction of sp³-hybridized carbons (Fsp3) is 0.417. The maximum Gasteiger partial charge on any atom is 0.242 e. The monoisotopic (exact) mass is 292 g/mol. The molecule has 2 aromatic heterocycles. The second-order valence-corrected chi connectivity index (χ2v) is 4.66. The Hall–Kier alpha value is -2.25. The standard InChI is InChI=1S/C12H12N4O5/c1-2-12(3-17)8(19)7(18)11(21-12)16-5-15-6-9(16)13-4-14-10(6)20/h1,4-5,7-8,11,17-19H,3H2,(H,13,14,20)/t7-,8+,11-,12-/m1/s1. The summed E-state index contributed by atoms with van der Waals surface area (Å²) in [4.78, 5) is 11.5. The number of rotatable bonds is 2. The fourth-order valence-corrected chi connectivity index (χ4v) is 2.33. The quantitative estimate of drug-likeness (QED) is 0.474. The number of aliphatic hydroxyl groups excluding tert-OH is 3. The Balaban J connectivity index is 2.08. The van der Waals surface area contributed by atoms with Gasteiger partial charge in [0.1, 0.15) is 18.5 Å². The minimum absolute atomic E-state index is 0.116. The SMILES string of the molecule is C#C[C@]1(CO)O[C@@H](n2cnc3c(O)ncnc32)[C@H](O)[C@@H]1O. The van der Waals surface area contributed by atoms with Crippen molar-refractivity contribution < 1.29 is 25.2 Å². The highest BCUT2D eigenvalue weighted by Crippen LogP contribution is 2.38. The van der Waals surface area contributed by atoms with E-state index < -0.39 is 30.6 Å². The van der Waals surface area contributed by atoms with Crippen LogP contribution in [0.2, 0.25) is 0 Å². The molecular formula is C12H12N4O5. The zero-order valence-corrected chi connectivity index (χ0v) is 10.7. The van der Waals surface area contributed by atoms with Crippen molar-refractivity contribution in [2.45, 2.75) is 24.0 Å². The Bertz CT molecular complexity index is 726. The van der Waals surface area contributed by atoms with Crippen LogP contribution in [0.4, 0.5) is 0 Å². The molecule has 3 rings (SSSR count). The molecule has 1 aliphatic heterocycles. The van der Waals surface area contributed by atoms with Crippen LogP contribution < -0.4 is 0 Å². The summed E-state index contributed by atoms with van der Waals surface area (Å²) in [6.45, 7) is -0.662. The molecule has 110 valence electrons. The minimum Gasteiger partial charge on any atom is -0.492 e. The third kappa shape index (κ3) is 1.78. The molecular weight excluding hydrogens is 280 g/mol. The van der Waals surface area contributed by atoms with Gasteiger partial charge < -0.3 is 25.2 Å². The number of aromatic nitrogens is 4. The first-order valence-corrected chi connectivity index (χ1v) is 6.03. The largest absolute Gasteiger partial charge is 0.492 e. The summed E-state index contributed by atoms with van der Waals surface area (Å²) in [6.07, 6.45) is 3.68. The molecule has 2 aromatic rings. The Labute approximate surface area is 118 Å². The number of nitrogens with zero attached hydrogens (tertiary/aromatic N) is 4. The van der Waals surface area contributed by atoms with Gasteiger partial charge in [0.15, 0.2) is 23.0 Å². The van der Waals surface area contributed by atoms with E-state index in [-0.39, 0.29) is 17.0 Å². The molecule has 9 heteroatoms. The van der Waals surface area contributed by atoms with Crippen LogP contribution in [0.3, 0.4) is 0 Å². The maximum absolute atomic E-state index is 10.1. The van der Waals surface area contributed by atoms with Crippen LogP contribution in [0.15, 0.2) is 12.7 Å². The summed E-state index contributed by atoms with van der Waals surface area (Å²) in [5, 5.41) is 39.1. The Morgan fingerprint density at radius 3 is 2.76 bits per heavy atom. The highest BCUT2D eigenvalue weighted by molar-refractivity contribution is 5.75. The first-order chi connectivity index (χ1) is 10.0. The van der Waals surface area contributed by atoms with Gasteiger partial charge in [0.2, 0.25) is 5.88 Å². The van der Waals surface area contributed by atoms with Crippen LogP contribution in [-0.4, -0.2) is 64.4 Å². The lowest BCUT2D eigenvalue weighted by Gasteiger charge is -2.23. The lowest BCUT2D eigenvalue weighted by atomic mass is 9.97. The van der Waals surface area contributed by atoms with Crippen molar-refractivity contribution in [3.63, 3.8) is 0 Å². The second kappa shape index (κ2) is 4.64. The maximum atomic E-state index is 10.1. The average molecular weight is 292 g/mol. The van der Waals surface area contributed by atoms with Gasteiger partial charge in [-0.15, -0.1) is 6.42 Å². The van der Waals surface area contributed by atoms with Crippen molar-refractivity contribution in [3.8, 4) is 18.2 Å². The summed E-state index contributed by atoms with van der Waals surface area (Å²) >= 11 is 0. The number of imidazole rings is 1. The molecule has 21 heavy (non-hydrogen) atoms.